The number of aliphatic hydroxyl groups excluding tert-OH is 1. The van der Waals surface area contributed by atoms with Gasteiger partial charge in [0, 0.05) is 17.2 Å². The van der Waals surface area contributed by atoms with Crippen molar-refractivity contribution in [2.75, 3.05) is 18.1 Å². The van der Waals surface area contributed by atoms with E-state index >= 15 is 0 Å². The summed E-state index contributed by atoms with van der Waals surface area (Å²) in [4.78, 5) is 1.33. The molecule has 0 atom stereocenters. The molecule has 0 radical (unpaired) electrons. The van der Waals surface area contributed by atoms with Crippen molar-refractivity contribution in [1.29, 1.82) is 0 Å². The van der Waals surface area contributed by atoms with Gasteiger partial charge in [0.05, 0.1) is 0 Å². The molecule has 2 nitrogen and oxygen atoms in total. The first-order chi connectivity index (χ1) is 7.74. The second-order valence-electron chi connectivity index (χ2n) is 4.01. The van der Waals surface area contributed by atoms with Crippen molar-refractivity contribution < 1.29 is 5.11 Å². The van der Waals surface area contributed by atoms with Gasteiger partial charge < -0.3 is 10.8 Å². The number of unbranched alkanes of at least 4 members (excludes halogenated alkanes) is 3. The van der Waals surface area contributed by atoms with Crippen LogP contribution in [-0.2, 0) is 0 Å². The molecule has 0 aliphatic heterocycles. The van der Waals surface area contributed by atoms with Crippen molar-refractivity contribution in [2.24, 2.45) is 0 Å². The van der Waals surface area contributed by atoms with Gasteiger partial charge in [-0.15, -0.1) is 11.8 Å². The predicted octanol–water partition coefficient (Wildman–Crippen LogP) is 3.22. The van der Waals surface area contributed by atoms with Crippen molar-refractivity contribution >= 4 is 17.4 Å². The van der Waals surface area contributed by atoms with Gasteiger partial charge in [0.2, 0.25) is 0 Å². The highest BCUT2D eigenvalue weighted by Crippen LogP contribution is 2.25. The first kappa shape index (κ1) is 13.4. The van der Waals surface area contributed by atoms with E-state index in [4.69, 9.17) is 10.8 Å². The van der Waals surface area contributed by atoms with Gasteiger partial charge in [-0.25, -0.2) is 0 Å². The second kappa shape index (κ2) is 7.58. The highest BCUT2D eigenvalue weighted by atomic mass is 32.2. The molecule has 3 N–H and O–H groups in total. The topological polar surface area (TPSA) is 46.2 Å². The van der Waals surface area contributed by atoms with Gasteiger partial charge in [-0.05, 0) is 49.3 Å². The zero-order valence-electron chi connectivity index (χ0n) is 9.91. The number of rotatable bonds is 7. The van der Waals surface area contributed by atoms with Crippen LogP contribution in [0.4, 0.5) is 5.69 Å². The summed E-state index contributed by atoms with van der Waals surface area (Å²) in [5, 5.41) is 8.65. The summed E-state index contributed by atoms with van der Waals surface area (Å²) in [6, 6.07) is 6.08. The standard InChI is InChI=1S/C13H21NOS/c1-11-10-12(14)6-7-13(11)16-9-5-3-2-4-8-15/h6-7,10,15H,2-5,8-9,14H2,1H3. The zero-order chi connectivity index (χ0) is 11.8. The van der Waals surface area contributed by atoms with Gasteiger partial charge in [0.25, 0.3) is 0 Å². The van der Waals surface area contributed by atoms with Gasteiger partial charge >= 0.3 is 0 Å². The van der Waals surface area contributed by atoms with Gasteiger partial charge in [0.1, 0.15) is 0 Å². The van der Waals surface area contributed by atoms with Crippen molar-refractivity contribution in [3.05, 3.63) is 23.8 Å². The molecule has 0 aliphatic carbocycles. The summed E-state index contributed by atoms with van der Waals surface area (Å²) in [7, 11) is 0. The molecule has 90 valence electrons. The molecule has 0 bridgehead atoms. The first-order valence-corrected chi connectivity index (χ1v) is 6.82. The minimum absolute atomic E-state index is 0.324. The molecule has 1 aromatic rings. The maximum atomic E-state index is 8.65. The van der Waals surface area contributed by atoms with Gasteiger partial charge in [-0.3, -0.25) is 0 Å². The summed E-state index contributed by atoms with van der Waals surface area (Å²) >= 11 is 1.90. The van der Waals surface area contributed by atoms with E-state index < -0.39 is 0 Å². The largest absolute Gasteiger partial charge is 0.399 e. The molecule has 1 aromatic carbocycles. The normalized spacial score (nSPS) is 10.6. The van der Waals surface area contributed by atoms with Crippen LogP contribution >= 0.6 is 11.8 Å². The van der Waals surface area contributed by atoms with Crippen LogP contribution in [0.5, 0.6) is 0 Å². The van der Waals surface area contributed by atoms with Crippen LogP contribution < -0.4 is 5.73 Å². The third-order valence-corrected chi connectivity index (χ3v) is 3.77. The number of nitrogen functional groups attached to an aromatic ring is 1. The van der Waals surface area contributed by atoms with E-state index in [1.54, 1.807) is 0 Å². The summed E-state index contributed by atoms with van der Waals surface area (Å²) < 4.78 is 0. The lowest BCUT2D eigenvalue weighted by atomic mass is 10.2. The van der Waals surface area contributed by atoms with Crippen molar-refractivity contribution in [1.82, 2.24) is 0 Å². The molecule has 0 aliphatic rings. The zero-order valence-corrected chi connectivity index (χ0v) is 10.7. The molecule has 0 amide bonds. The number of aliphatic hydroxyl groups is 1. The van der Waals surface area contributed by atoms with Crippen LogP contribution in [0, 0.1) is 6.92 Å². The SMILES string of the molecule is Cc1cc(N)ccc1SCCCCCCO. The van der Waals surface area contributed by atoms with Crippen LogP contribution in [0.3, 0.4) is 0 Å². The summed E-state index contributed by atoms with van der Waals surface area (Å²) in [6.45, 7) is 2.43. The number of aryl methyl sites for hydroxylation is 1. The molecule has 0 unspecified atom stereocenters. The fourth-order valence-corrected chi connectivity index (χ4v) is 2.60. The Morgan fingerprint density at radius 3 is 2.62 bits per heavy atom. The lowest BCUT2D eigenvalue weighted by Gasteiger charge is -2.06. The maximum absolute atomic E-state index is 8.65. The summed E-state index contributed by atoms with van der Waals surface area (Å²) in [5.74, 6) is 1.15. The molecule has 3 heteroatoms. The molecule has 0 saturated carbocycles. The maximum Gasteiger partial charge on any atom is 0.0431 e. The highest BCUT2D eigenvalue weighted by molar-refractivity contribution is 7.99. The smallest absolute Gasteiger partial charge is 0.0431 e. The summed E-state index contributed by atoms with van der Waals surface area (Å²) in [6.07, 6.45) is 4.50. The lowest BCUT2D eigenvalue weighted by Crippen LogP contribution is -1.89. The molecule has 16 heavy (non-hydrogen) atoms. The average Bonchev–Trinajstić information content (AvgIpc) is 2.26. The first-order valence-electron chi connectivity index (χ1n) is 5.84. The molecular weight excluding hydrogens is 218 g/mol. The number of hydrogen-bond acceptors (Lipinski definition) is 3. The van der Waals surface area contributed by atoms with Crippen LogP contribution in [-0.4, -0.2) is 17.5 Å². The van der Waals surface area contributed by atoms with Crippen LogP contribution in [0.1, 0.15) is 31.2 Å². The highest BCUT2D eigenvalue weighted by Gasteiger charge is 1.99. The average molecular weight is 239 g/mol. The molecule has 0 spiro atoms. The van der Waals surface area contributed by atoms with E-state index in [2.05, 4.69) is 13.0 Å². The van der Waals surface area contributed by atoms with E-state index in [1.807, 2.05) is 23.9 Å². The molecule has 0 heterocycles. The van der Waals surface area contributed by atoms with Crippen LogP contribution in [0.2, 0.25) is 0 Å². The fraction of sp³-hybridized carbons (Fsp3) is 0.538. The third-order valence-electron chi connectivity index (χ3n) is 2.51. The van der Waals surface area contributed by atoms with Crippen molar-refractivity contribution in [3.8, 4) is 0 Å². The van der Waals surface area contributed by atoms with Crippen LogP contribution in [0.25, 0.3) is 0 Å². The van der Waals surface area contributed by atoms with E-state index in [0.717, 1.165) is 24.3 Å². The Balaban J connectivity index is 2.21. The monoisotopic (exact) mass is 239 g/mol. The van der Waals surface area contributed by atoms with E-state index in [0.29, 0.717) is 6.61 Å². The predicted molar refractivity (Wildman–Crippen MR) is 71.9 cm³/mol. The quantitative estimate of drug-likeness (QED) is 0.436. The molecule has 0 saturated heterocycles. The Kier molecular flexibility index (Phi) is 6.34. The van der Waals surface area contributed by atoms with E-state index in [1.165, 1.54) is 23.3 Å². The number of thioether (sulfide) groups is 1. The molecule has 0 aromatic heterocycles. The van der Waals surface area contributed by atoms with E-state index in [9.17, 15) is 0 Å². The van der Waals surface area contributed by atoms with Crippen LogP contribution in [0.15, 0.2) is 23.1 Å². The van der Waals surface area contributed by atoms with E-state index in [-0.39, 0.29) is 0 Å². The van der Waals surface area contributed by atoms with Crippen molar-refractivity contribution in [3.63, 3.8) is 0 Å². The molecular formula is C13H21NOS. The Hall–Kier alpha value is -0.670. The van der Waals surface area contributed by atoms with Gasteiger partial charge in [0.15, 0.2) is 0 Å². The summed E-state index contributed by atoms with van der Waals surface area (Å²) in [5.41, 5.74) is 7.81. The van der Waals surface area contributed by atoms with Gasteiger partial charge in [-0.2, -0.15) is 0 Å². The van der Waals surface area contributed by atoms with Crippen molar-refractivity contribution in [2.45, 2.75) is 37.5 Å². The second-order valence-corrected chi connectivity index (χ2v) is 5.15. The minimum Gasteiger partial charge on any atom is -0.399 e. The Labute approximate surface area is 102 Å². The Morgan fingerprint density at radius 1 is 1.19 bits per heavy atom. The number of hydrogen-bond donors (Lipinski definition) is 2. The number of nitrogens with two attached hydrogens (primary N) is 1. The Morgan fingerprint density at radius 2 is 1.94 bits per heavy atom. The number of benzene rings is 1. The molecule has 0 fully saturated rings. The Bertz CT molecular complexity index is 315. The fourth-order valence-electron chi connectivity index (χ4n) is 1.58. The van der Waals surface area contributed by atoms with Gasteiger partial charge in [-0.1, -0.05) is 12.8 Å². The minimum atomic E-state index is 0.324. The number of anilines is 1. The molecule has 1 rings (SSSR count). The third kappa shape index (κ3) is 4.90. The lowest BCUT2D eigenvalue weighted by molar-refractivity contribution is 0.283.